The van der Waals surface area contributed by atoms with Gasteiger partial charge in [0, 0.05) is 12.7 Å². The normalized spacial score (nSPS) is 15.5. The van der Waals surface area contributed by atoms with E-state index < -0.39 is 0 Å². The topological polar surface area (TPSA) is 74.6 Å². The second kappa shape index (κ2) is 10.6. The minimum atomic E-state index is -0.133. The zero-order valence-corrected chi connectivity index (χ0v) is 19.1. The molecule has 3 aromatic rings. The molecule has 1 fully saturated rings. The van der Waals surface area contributed by atoms with Gasteiger partial charge < -0.3 is 24.1 Å². The van der Waals surface area contributed by atoms with Crippen molar-refractivity contribution in [3.8, 4) is 22.8 Å². The van der Waals surface area contributed by atoms with Crippen molar-refractivity contribution in [1.29, 1.82) is 0 Å². The van der Waals surface area contributed by atoms with Gasteiger partial charge in [0.2, 0.25) is 5.91 Å². The third kappa shape index (κ3) is 5.26. The molecule has 32 heavy (non-hydrogen) atoms. The summed E-state index contributed by atoms with van der Waals surface area (Å²) in [6, 6.07) is 15.5. The fourth-order valence-electron chi connectivity index (χ4n) is 3.70. The lowest BCUT2D eigenvalue weighted by atomic mass is 10.1. The Morgan fingerprint density at radius 1 is 1.22 bits per heavy atom. The van der Waals surface area contributed by atoms with Crippen LogP contribution in [0.25, 0.3) is 11.3 Å². The molecule has 1 aromatic heterocycles. The van der Waals surface area contributed by atoms with Gasteiger partial charge in [0.15, 0.2) is 5.16 Å². The number of amides is 1. The lowest BCUT2D eigenvalue weighted by molar-refractivity contribution is -0.113. The molecule has 1 saturated heterocycles. The van der Waals surface area contributed by atoms with Gasteiger partial charge in [0.05, 0.1) is 50.2 Å². The summed E-state index contributed by atoms with van der Waals surface area (Å²) in [6.45, 7) is 1.52. The number of hydrogen-bond acceptors (Lipinski definition) is 6. The summed E-state index contributed by atoms with van der Waals surface area (Å²) in [5, 5.41) is 3.71. The maximum Gasteiger partial charge on any atom is 0.234 e. The Morgan fingerprint density at radius 2 is 2.06 bits per heavy atom. The average molecular weight is 454 g/mol. The highest BCUT2D eigenvalue weighted by molar-refractivity contribution is 7.99. The van der Waals surface area contributed by atoms with Crippen molar-refractivity contribution in [1.82, 2.24) is 9.55 Å². The molecule has 4 rings (SSSR count). The smallest absolute Gasteiger partial charge is 0.234 e. The third-order valence-corrected chi connectivity index (χ3v) is 6.30. The minimum Gasteiger partial charge on any atom is -0.497 e. The fraction of sp³-hybridized carbons (Fsp3) is 0.333. The van der Waals surface area contributed by atoms with E-state index in [1.54, 1.807) is 32.4 Å². The van der Waals surface area contributed by atoms with E-state index in [0.29, 0.717) is 17.2 Å². The van der Waals surface area contributed by atoms with Crippen LogP contribution in [0.2, 0.25) is 0 Å². The number of nitrogens with zero attached hydrogens (tertiary/aromatic N) is 2. The highest BCUT2D eigenvalue weighted by Gasteiger charge is 2.21. The molecule has 8 heteroatoms. The fourth-order valence-corrected chi connectivity index (χ4v) is 4.49. The SMILES string of the molecule is COc1ccc(NC(=O)CSc2ncc(-c3ccccc3)n2C[C@H]2CCCO2)c(OC)c1. The summed E-state index contributed by atoms with van der Waals surface area (Å²) in [7, 11) is 3.15. The molecule has 1 aliphatic heterocycles. The summed E-state index contributed by atoms with van der Waals surface area (Å²) >= 11 is 1.41. The summed E-state index contributed by atoms with van der Waals surface area (Å²) in [5.74, 6) is 1.31. The van der Waals surface area contributed by atoms with Gasteiger partial charge in [0.1, 0.15) is 11.5 Å². The summed E-state index contributed by atoms with van der Waals surface area (Å²) in [4.78, 5) is 17.3. The second-order valence-corrected chi connectivity index (χ2v) is 8.38. The monoisotopic (exact) mass is 453 g/mol. The molecule has 0 bridgehead atoms. The molecule has 0 saturated carbocycles. The molecule has 7 nitrogen and oxygen atoms in total. The van der Waals surface area contributed by atoms with Crippen LogP contribution in [-0.2, 0) is 16.1 Å². The molecule has 0 aliphatic carbocycles. The Balaban J connectivity index is 1.48. The Hall–Kier alpha value is -2.97. The molecule has 1 atom stereocenters. The Labute approximate surface area is 192 Å². The number of anilines is 1. The molecule has 0 unspecified atom stereocenters. The number of methoxy groups -OCH3 is 2. The first-order chi connectivity index (χ1) is 15.7. The predicted molar refractivity (Wildman–Crippen MR) is 126 cm³/mol. The number of ether oxygens (including phenoxy) is 3. The number of imidazole rings is 1. The van der Waals surface area contributed by atoms with Crippen LogP contribution < -0.4 is 14.8 Å². The van der Waals surface area contributed by atoms with Gasteiger partial charge >= 0.3 is 0 Å². The van der Waals surface area contributed by atoms with Crippen LogP contribution in [0.15, 0.2) is 59.9 Å². The van der Waals surface area contributed by atoms with Gasteiger partial charge in [-0.2, -0.15) is 0 Å². The molecule has 168 valence electrons. The summed E-state index contributed by atoms with van der Waals surface area (Å²) in [6.07, 6.45) is 4.16. The summed E-state index contributed by atoms with van der Waals surface area (Å²) in [5.41, 5.74) is 2.73. The van der Waals surface area contributed by atoms with E-state index in [9.17, 15) is 4.79 Å². The number of rotatable bonds is 9. The van der Waals surface area contributed by atoms with E-state index in [0.717, 1.165) is 42.4 Å². The lowest BCUT2D eigenvalue weighted by Gasteiger charge is -2.16. The van der Waals surface area contributed by atoms with Gasteiger partial charge in [-0.1, -0.05) is 42.1 Å². The van der Waals surface area contributed by atoms with E-state index >= 15 is 0 Å². The van der Waals surface area contributed by atoms with Crippen LogP contribution in [-0.4, -0.2) is 48.1 Å². The van der Waals surface area contributed by atoms with Crippen LogP contribution >= 0.6 is 11.8 Å². The van der Waals surface area contributed by atoms with E-state index in [4.69, 9.17) is 14.2 Å². The molecule has 1 aliphatic rings. The van der Waals surface area contributed by atoms with E-state index in [2.05, 4.69) is 27.0 Å². The van der Waals surface area contributed by atoms with Crippen molar-refractivity contribution in [2.24, 2.45) is 0 Å². The Morgan fingerprint density at radius 3 is 2.78 bits per heavy atom. The predicted octanol–water partition coefficient (Wildman–Crippen LogP) is 4.48. The van der Waals surface area contributed by atoms with Crippen LogP contribution in [0.5, 0.6) is 11.5 Å². The van der Waals surface area contributed by atoms with Crippen LogP contribution in [0.1, 0.15) is 12.8 Å². The molecule has 2 heterocycles. The van der Waals surface area contributed by atoms with Gasteiger partial charge in [-0.25, -0.2) is 4.98 Å². The average Bonchev–Trinajstić information content (AvgIpc) is 3.49. The number of thioether (sulfide) groups is 1. The summed E-state index contributed by atoms with van der Waals surface area (Å²) < 4.78 is 18.6. The first-order valence-corrected chi connectivity index (χ1v) is 11.5. The molecule has 2 aromatic carbocycles. The Bertz CT molecular complexity index is 1050. The lowest BCUT2D eigenvalue weighted by Crippen LogP contribution is -2.18. The molecular weight excluding hydrogens is 426 g/mol. The van der Waals surface area contributed by atoms with E-state index in [1.165, 1.54) is 11.8 Å². The van der Waals surface area contributed by atoms with Crippen molar-refractivity contribution in [2.75, 3.05) is 31.9 Å². The van der Waals surface area contributed by atoms with Crippen molar-refractivity contribution in [3.63, 3.8) is 0 Å². The van der Waals surface area contributed by atoms with Crippen LogP contribution in [0.3, 0.4) is 0 Å². The van der Waals surface area contributed by atoms with Crippen molar-refractivity contribution >= 4 is 23.4 Å². The minimum absolute atomic E-state index is 0.133. The number of benzene rings is 2. The highest BCUT2D eigenvalue weighted by Crippen LogP contribution is 2.31. The molecule has 0 spiro atoms. The molecule has 1 amide bonds. The molecule has 0 radical (unpaired) electrons. The second-order valence-electron chi connectivity index (χ2n) is 7.44. The quantitative estimate of drug-likeness (QED) is 0.482. The number of hydrogen-bond donors (Lipinski definition) is 1. The van der Waals surface area contributed by atoms with Crippen LogP contribution in [0.4, 0.5) is 5.69 Å². The molecular formula is C24H27N3O4S. The van der Waals surface area contributed by atoms with Gasteiger partial charge in [0.25, 0.3) is 0 Å². The van der Waals surface area contributed by atoms with Crippen molar-refractivity contribution in [3.05, 3.63) is 54.7 Å². The number of aromatic nitrogens is 2. The first-order valence-electron chi connectivity index (χ1n) is 10.5. The van der Waals surface area contributed by atoms with Gasteiger partial charge in [-0.15, -0.1) is 0 Å². The third-order valence-electron chi connectivity index (χ3n) is 5.31. The molecule has 1 N–H and O–H groups in total. The van der Waals surface area contributed by atoms with Crippen molar-refractivity contribution in [2.45, 2.75) is 30.6 Å². The van der Waals surface area contributed by atoms with Crippen LogP contribution in [0, 0.1) is 0 Å². The zero-order chi connectivity index (χ0) is 22.3. The maximum atomic E-state index is 12.7. The first kappa shape index (κ1) is 22.2. The number of carbonyl (C=O) groups excluding carboxylic acids is 1. The maximum absolute atomic E-state index is 12.7. The standard InChI is InChI=1S/C24H27N3O4S/c1-29-18-10-11-20(22(13-18)30-2)26-23(28)16-32-24-25-14-21(17-7-4-3-5-8-17)27(24)15-19-9-6-12-31-19/h3-5,7-8,10-11,13-14,19H,6,9,12,15-16H2,1-2H3,(H,26,28)/t19-/m1/s1. The van der Waals surface area contributed by atoms with Crippen molar-refractivity contribution < 1.29 is 19.0 Å². The number of nitrogens with one attached hydrogen (secondary N) is 1. The highest BCUT2D eigenvalue weighted by atomic mass is 32.2. The van der Waals surface area contributed by atoms with Gasteiger partial charge in [-0.05, 0) is 30.5 Å². The Kier molecular flexibility index (Phi) is 7.34. The van der Waals surface area contributed by atoms with E-state index in [-0.39, 0.29) is 17.8 Å². The van der Waals surface area contributed by atoms with Gasteiger partial charge in [-0.3, -0.25) is 4.79 Å². The number of carbonyl (C=O) groups is 1. The van der Waals surface area contributed by atoms with E-state index in [1.807, 2.05) is 24.4 Å². The largest absolute Gasteiger partial charge is 0.497 e. The zero-order valence-electron chi connectivity index (χ0n) is 18.2.